The van der Waals surface area contributed by atoms with Crippen molar-refractivity contribution in [3.63, 3.8) is 0 Å². The first-order valence-electron chi connectivity index (χ1n) is 16.3. The Labute approximate surface area is 231 Å². The van der Waals surface area contributed by atoms with Crippen LogP contribution in [0.3, 0.4) is 0 Å². The van der Waals surface area contributed by atoms with Crippen LogP contribution in [-0.4, -0.2) is 4.57 Å². The van der Waals surface area contributed by atoms with Crippen molar-refractivity contribution in [2.45, 2.75) is 0 Å². The first-order chi connectivity index (χ1) is 22.2. The van der Waals surface area contributed by atoms with E-state index in [-0.39, 0.29) is 46.0 Å². The molecule has 0 unspecified atom stereocenters. The normalized spacial score (nSPS) is 14.6. The molecular weight excluding hydrogens is 462 g/mol. The molecular formula is C36H23NO. The lowest BCUT2D eigenvalue weighted by Crippen LogP contribution is -1.93. The van der Waals surface area contributed by atoms with Gasteiger partial charge in [-0.2, -0.15) is 0 Å². The second-order valence-electron chi connectivity index (χ2n) is 9.19. The van der Waals surface area contributed by atoms with Gasteiger partial charge in [0.25, 0.3) is 0 Å². The maximum Gasteiger partial charge on any atom is 0.143 e. The largest absolute Gasteiger partial charge is 0.455 e. The van der Waals surface area contributed by atoms with Gasteiger partial charge in [0.05, 0.1) is 22.0 Å². The molecule has 2 heterocycles. The molecule has 0 aliphatic rings. The second-order valence-corrected chi connectivity index (χ2v) is 9.19. The summed E-state index contributed by atoms with van der Waals surface area (Å²) in [6.45, 7) is 0. The number of nitrogens with zero attached hydrogens (tertiary/aromatic N) is 1. The SMILES string of the molecule is [2H]c1c([2H])c([2H])c2c(c1[2H])c1c([2H])c([2H])c([2H])c([2H])c1n2-c1ccc(-c2ccc(-c3cccc4c3oc3ccccc34)cc2)cc1. The van der Waals surface area contributed by atoms with E-state index in [4.69, 9.17) is 15.4 Å². The van der Waals surface area contributed by atoms with Gasteiger partial charge in [0, 0.05) is 32.8 Å². The molecule has 0 radical (unpaired) electrons. The van der Waals surface area contributed by atoms with E-state index >= 15 is 0 Å². The zero-order valence-electron chi connectivity index (χ0n) is 28.0. The van der Waals surface area contributed by atoms with Gasteiger partial charge >= 0.3 is 0 Å². The Hall–Kier alpha value is -5.08. The Bertz CT molecular complexity index is 2470. The third kappa shape index (κ3) is 3.14. The zero-order valence-corrected chi connectivity index (χ0v) is 20.0. The minimum absolute atomic E-state index is 0.0622. The molecule has 0 spiro atoms. The van der Waals surface area contributed by atoms with Crippen molar-refractivity contribution in [1.29, 1.82) is 0 Å². The highest BCUT2D eigenvalue weighted by Crippen LogP contribution is 2.37. The lowest BCUT2D eigenvalue weighted by atomic mass is 9.98. The van der Waals surface area contributed by atoms with Crippen LogP contribution in [-0.2, 0) is 0 Å². The Morgan fingerprint density at radius 3 is 1.79 bits per heavy atom. The molecule has 178 valence electrons. The number of hydrogen-bond donors (Lipinski definition) is 0. The Morgan fingerprint density at radius 2 is 1.08 bits per heavy atom. The van der Waals surface area contributed by atoms with Crippen LogP contribution in [0.2, 0.25) is 0 Å². The molecule has 6 aromatic carbocycles. The molecule has 2 nitrogen and oxygen atoms in total. The molecule has 8 aromatic rings. The van der Waals surface area contributed by atoms with Crippen molar-refractivity contribution in [2.24, 2.45) is 0 Å². The van der Waals surface area contributed by atoms with E-state index in [0.29, 0.717) is 5.69 Å². The molecule has 0 saturated carbocycles. The van der Waals surface area contributed by atoms with Gasteiger partial charge in [0.2, 0.25) is 0 Å². The van der Waals surface area contributed by atoms with Gasteiger partial charge in [-0.1, -0.05) is 109 Å². The fraction of sp³-hybridized carbons (Fsp3) is 0. The second kappa shape index (κ2) is 8.22. The van der Waals surface area contributed by atoms with Gasteiger partial charge in [0.15, 0.2) is 0 Å². The molecule has 38 heavy (non-hydrogen) atoms. The summed E-state index contributed by atoms with van der Waals surface area (Å²) in [7, 11) is 0. The number of para-hydroxylation sites is 4. The summed E-state index contributed by atoms with van der Waals surface area (Å²) < 4.78 is 75.5. The van der Waals surface area contributed by atoms with Gasteiger partial charge in [0.1, 0.15) is 11.2 Å². The summed E-state index contributed by atoms with van der Waals surface area (Å²) in [6.07, 6.45) is 0. The maximum atomic E-state index is 8.71. The first kappa shape index (κ1) is 14.6. The van der Waals surface area contributed by atoms with Crippen molar-refractivity contribution in [3.05, 3.63) is 139 Å². The van der Waals surface area contributed by atoms with E-state index in [9.17, 15) is 0 Å². The van der Waals surface area contributed by atoms with Gasteiger partial charge in [-0.05, 0) is 47.0 Å². The van der Waals surface area contributed by atoms with Crippen molar-refractivity contribution < 1.29 is 15.4 Å². The predicted octanol–water partition coefficient (Wildman–Crippen LogP) is 10.0. The average Bonchev–Trinajstić information content (AvgIpc) is 3.65. The van der Waals surface area contributed by atoms with Gasteiger partial charge in [-0.3, -0.25) is 0 Å². The van der Waals surface area contributed by atoms with E-state index in [1.165, 1.54) is 4.57 Å². The molecule has 0 atom stereocenters. The topological polar surface area (TPSA) is 18.1 Å². The van der Waals surface area contributed by atoms with Crippen LogP contribution >= 0.6 is 0 Å². The monoisotopic (exact) mass is 493 g/mol. The van der Waals surface area contributed by atoms with Gasteiger partial charge in [-0.15, -0.1) is 0 Å². The van der Waals surface area contributed by atoms with Crippen LogP contribution in [0, 0.1) is 0 Å². The molecule has 0 fully saturated rings. The Balaban J connectivity index is 1.25. The summed E-state index contributed by atoms with van der Waals surface area (Å²) in [5.74, 6) is 0. The average molecular weight is 494 g/mol. The molecule has 2 aromatic heterocycles. The number of aromatic nitrogens is 1. The van der Waals surface area contributed by atoms with Crippen molar-refractivity contribution in [3.8, 4) is 27.9 Å². The van der Waals surface area contributed by atoms with Crippen molar-refractivity contribution >= 4 is 43.7 Å². The first-order valence-corrected chi connectivity index (χ1v) is 12.3. The third-order valence-corrected chi connectivity index (χ3v) is 7.09. The fourth-order valence-corrected chi connectivity index (χ4v) is 5.30. The molecule has 0 aliphatic carbocycles. The molecule has 0 saturated heterocycles. The van der Waals surface area contributed by atoms with Crippen LogP contribution in [0.25, 0.3) is 71.7 Å². The minimum Gasteiger partial charge on any atom is -0.455 e. The van der Waals surface area contributed by atoms with E-state index < -0.39 is 24.2 Å². The number of fused-ring (bicyclic) bond motifs is 6. The van der Waals surface area contributed by atoms with Crippen LogP contribution in [0.4, 0.5) is 0 Å². The van der Waals surface area contributed by atoms with Crippen molar-refractivity contribution in [1.82, 2.24) is 4.57 Å². The van der Waals surface area contributed by atoms with E-state index in [0.717, 1.165) is 44.2 Å². The third-order valence-electron chi connectivity index (χ3n) is 7.09. The van der Waals surface area contributed by atoms with E-state index in [1.807, 2.05) is 66.7 Å². The highest BCUT2D eigenvalue weighted by molar-refractivity contribution is 6.10. The molecule has 0 bridgehead atoms. The highest BCUT2D eigenvalue weighted by atomic mass is 16.3. The van der Waals surface area contributed by atoms with E-state index in [2.05, 4.69) is 12.1 Å². The summed E-state index contributed by atoms with van der Waals surface area (Å²) in [6, 6.07) is 26.5. The summed E-state index contributed by atoms with van der Waals surface area (Å²) in [5.41, 5.74) is 6.26. The lowest BCUT2D eigenvalue weighted by molar-refractivity contribution is 0.670. The molecule has 2 heteroatoms. The summed E-state index contributed by atoms with van der Waals surface area (Å²) >= 11 is 0. The number of benzene rings is 6. The number of rotatable bonds is 3. The van der Waals surface area contributed by atoms with Crippen LogP contribution in [0.1, 0.15) is 11.0 Å². The fourth-order valence-electron chi connectivity index (χ4n) is 5.30. The maximum absolute atomic E-state index is 8.71. The molecule has 0 aliphatic heterocycles. The number of hydrogen-bond acceptors (Lipinski definition) is 1. The summed E-state index contributed by atoms with van der Waals surface area (Å²) in [4.78, 5) is 0. The standard InChI is InChI=1S/C36H23NO/c1-4-13-33-29(8-1)30-9-2-5-14-34(30)37(33)27-22-20-25(21-23-27)24-16-18-26(19-17-24)28-11-7-12-32-31-10-3-6-15-35(31)38-36(28)32/h1-23H/i1D,2D,4D,5D,8D,9D,13D,14D. The van der Waals surface area contributed by atoms with Crippen LogP contribution < -0.4 is 0 Å². The quantitative estimate of drug-likeness (QED) is 0.239. The van der Waals surface area contributed by atoms with Crippen LogP contribution in [0.15, 0.2) is 144 Å². The zero-order chi connectivity index (χ0) is 32.0. The molecule has 8 rings (SSSR count). The van der Waals surface area contributed by atoms with Gasteiger partial charge < -0.3 is 8.98 Å². The Morgan fingerprint density at radius 1 is 0.500 bits per heavy atom. The summed E-state index contributed by atoms with van der Waals surface area (Å²) in [5, 5.41) is 2.26. The minimum atomic E-state index is -0.459. The lowest BCUT2D eigenvalue weighted by Gasteiger charge is -2.10. The van der Waals surface area contributed by atoms with E-state index in [1.54, 1.807) is 12.1 Å². The molecule has 0 N–H and O–H groups in total. The Kier molecular flexibility index (Phi) is 3.16. The smallest absolute Gasteiger partial charge is 0.143 e. The van der Waals surface area contributed by atoms with Gasteiger partial charge in [-0.25, -0.2) is 0 Å². The predicted molar refractivity (Wildman–Crippen MR) is 159 cm³/mol. The van der Waals surface area contributed by atoms with Crippen LogP contribution in [0.5, 0.6) is 0 Å². The molecule has 0 amide bonds. The van der Waals surface area contributed by atoms with Crippen molar-refractivity contribution in [2.75, 3.05) is 0 Å². The highest BCUT2D eigenvalue weighted by Gasteiger charge is 2.13. The number of furan rings is 1.